The Morgan fingerprint density at radius 2 is 1.86 bits per heavy atom. The molecule has 2 aromatic rings. The molecule has 0 radical (unpaired) electrons. The molecule has 0 aliphatic carbocycles. The molecule has 1 amide bonds. The van der Waals surface area contributed by atoms with Gasteiger partial charge in [0.25, 0.3) is 5.91 Å². The van der Waals surface area contributed by atoms with Gasteiger partial charge >= 0.3 is 0 Å². The second kappa shape index (κ2) is 8.45. The predicted molar refractivity (Wildman–Crippen MR) is 109 cm³/mol. The van der Waals surface area contributed by atoms with Gasteiger partial charge in [-0.1, -0.05) is 66.4 Å². The molecular formula is C20H16NO5S2-. The van der Waals surface area contributed by atoms with Crippen LogP contribution in [0.5, 0.6) is 11.5 Å². The van der Waals surface area contributed by atoms with E-state index in [0.29, 0.717) is 27.5 Å². The number of thiocarbonyl (C=S) groups is 1. The molecule has 0 N–H and O–H groups in total. The van der Waals surface area contributed by atoms with E-state index in [1.165, 1.54) is 14.2 Å². The van der Waals surface area contributed by atoms with Gasteiger partial charge in [0.1, 0.15) is 10.4 Å². The molecule has 1 aliphatic heterocycles. The number of methoxy groups -OCH3 is 2. The Morgan fingerprint density at radius 3 is 2.46 bits per heavy atom. The lowest BCUT2D eigenvalue weighted by atomic mass is 10.1. The molecule has 0 unspecified atom stereocenters. The standard InChI is InChI=1S/C20H17NO5S2/c1-25-14-10-6-9-13(17(14)26-2)11-15-18(22)21(20(27)28-15)16(19(23)24)12-7-4-3-5-8-12/h3-11,16H,1-2H3,(H,23,24)/p-1/b15-11+/t16-/m1/s1. The van der Waals surface area contributed by atoms with Gasteiger partial charge in [0.2, 0.25) is 0 Å². The first kappa shape index (κ1) is 19.9. The predicted octanol–water partition coefficient (Wildman–Crippen LogP) is 2.40. The Labute approximate surface area is 171 Å². The van der Waals surface area contributed by atoms with Gasteiger partial charge in [0.05, 0.1) is 25.1 Å². The third-order valence-corrected chi connectivity index (χ3v) is 5.47. The number of carbonyl (C=O) groups is 2. The number of aliphatic carboxylic acids is 1. The molecular weight excluding hydrogens is 398 g/mol. The van der Waals surface area contributed by atoms with Gasteiger partial charge in [-0.15, -0.1) is 0 Å². The number of ether oxygens (including phenoxy) is 2. The van der Waals surface area contributed by atoms with E-state index in [2.05, 4.69) is 0 Å². The molecule has 6 nitrogen and oxygen atoms in total. The van der Waals surface area contributed by atoms with Crippen molar-refractivity contribution in [2.45, 2.75) is 6.04 Å². The number of thioether (sulfide) groups is 1. The Hall–Kier alpha value is -2.84. The molecule has 1 fully saturated rings. The fourth-order valence-electron chi connectivity index (χ4n) is 2.90. The average molecular weight is 414 g/mol. The van der Waals surface area contributed by atoms with E-state index < -0.39 is 17.9 Å². The fraction of sp³-hybridized carbons (Fsp3) is 0.150. The molecule has 1 aliphatic rings. The second-order valence-electron chi connectivity index (χ2n) is 5.77. The van der Waals surface area contributed by atoms with Gasteiger partial charge in [-0.3, -0.25) is 9.69 Å². The quantitative estimate of drug-likeness (QED) is 0.530. The molecule has 2 aromatic carbocycles. The first-order chi connectivity index (χ1) is 13.5. The maximum absolute atomic E-state index is 13.0. The van der Waals surface area contributed by atoms with Gasteiger partial charge in [-0.25, -0.2) is 0 Å². The van der Waals surface area contributed by atoms with Crippen molar-refractivity contribution >= 4 is 46.3 Å². The fourth-order valence-corrected chi connectivity index (χ4v) is 4.20. The molecule has 8 heteroatoms. The van der Waals surface area contributed by atoms with Crippen LogP contribution >= 0.6 is 24.0 Å². The number of carboxylic acid groups (broad SMARTS) is 1. The number of benzene rings is 2. The highest BCUT2D eigenvalue weighted by Crippen LogP contribution is 2.40. The van der Waals surface area contributed by atoms with E-state index in [1.54, 1.807) is 54.6 Å². The lowest BCUT2D eigenvalue weighted by Crippen LogP contribution is -2.43. The number of nitrogens with zero attached hydrogens (tertiary/aromatic N) is 1. The minimum Gasteiger partial charge on any atom is -0.547 e. The number of para-hydroxylation sites is 1. The zero-order valence-electron chi connectivity index (χ0n) is 15.1. The maximum Gasteiger partial charge on any atom is 0.267 e. The Balaban J connectivity index is 2.00. The van der Waals surface area contributed by atoms with Gasteiger partial charge in [0.15, 0.2) is 11.5 Å². The van der Waals surface area contributed by atoms with Crippen molar-refractivity contribution < 1.29 is 24.2 Å². The van der Waals surface area contributed by atoms with Crippen molar-refractivity contribution in [1.82, 2.24) is 4.90 Å². The van der Waals surface area contributed by atoms with E-state index in [9.17, 15) is 14.7 Å². The number of carbonyl (C=O) groups excluding carboxylic acids is 2. The largest absolute Gasteiger partial charge is 0.547 e. The molecule has 28 heavy (non-hydrogen) atoms. The topological polar surface area (TPSA) is 78.9 Å². The lowest BCUT2D eigenvalue weighted by molar-refractivity contribution is -0.310. The SMILES string of the molecule is COc1cccc(/C=C2/SC(=S)N([C@@H](C(=O)[O-])c3ccccc3)C2=O)c1OC. The molecule has 0 bridgehead atoms. The summed E-state index contributed by atoms with van der Waals surface area (Å²) < 4.78 is 10.8. The molecule has 1 heterocycles. The summed E-state index contributed by atoms with van der Waals surface area (Å²) in [7, 11) is 3.02. The molecule has 0 spiro atoms. The molecule has 1 saturated heterocycles. The zero-order chi connectivity index (χ0) is 20.3. The van der Waals surface area contributed by atoms with Gasteiger partial charge in [-0.2, -0.15) is 0 Å². The Morgan fingerprint density at radius 1 is 1.14 bits per heavy atom. The van der Waals surface area contributed by atoms with Crippen LogP contribution in [0.2, 0.25) is 0 Å². The molecule has 3 rings (SSSR count). The molecule has 1 atom stereocenters. The van der Waals surface area contributed by atoms with Crippen LogP contribution in [0.15, 0.2) is 53.4 Å². The summed E-state index contributed by atoms with van der Waals surface area (Å²) in [6, 6.07) is 12.4. The van der Waals surface area contributed by atoms with Crippen molar-refractivity contribution in [1.29, 1.82) is 0 Å². The summed E-state index contributed by atoms with van der Waals surface area (Å²) >= 11 is 6.33. The summed E-state index contributed by atoms with van der Waals surface area (Å²) in [5.74, 6) is -0.918. The van der Waals surface area contributed by atoms with E-state index >= 15 is 0 Å². The smallest absolute Gasteiger partial charge is 0.267 e. The zero-order valence-corrected chi connectivity index (χ0v) is 16.7. The summed E-state index contributed by atoms with van der Waals surface area (Å²) in [5, 5.41) is 11.8. The highest BCUT2D eigenvalue weighted by atomic mass is 32.2. The first-order valence-corrected chi connectivity index (χ1v) is 9.44. The molecule has 0 aromatic heterocycles. The second-order valence-corrected chi connectivity index (χ2v) is 7.44. The lowest BCUT2D eigenvalue weighted by Gasteiger charge is -2.27. The number of rotatable bonds is 6. The summed E-state index contributed by atoms with van der Waals surface area (Å²) in [4.78, 5) is 26.1. The number of hydrogen-bond donors (Lipinski definition) is 0. The average Bonchev–Trinajstić information content (AvgIpc) is 2.96. The minimum absolute atomic E-state index is 0.149. The van der Waals surface area contributed by atoms with Crippen LogP contribution in [0.25, 0.3) is 6.08 Å². The van der Waals surface area contributed by atoms with Crippen molar-refractivity contribution in [2.75, 3.05) is 14.2 Å². The van der Waals surface area contributed by atoms with Crippen LogP contribution in [0.4, 0.5) is 0 Å². The Kier molecular flexibility index (Phi) is 6.01. The van der Waals surface area contributed by atoms with E-state index in [4.69, 9.17) is 21.7 Å². The highest BCUT2D eigenvalue weighted by Gasteiger charge is 2.38. The van der Waals surface area contributed by atoms with Crippen LogP contribution in [-0.4, -0.2) is 35.3 Å². The van der Waals surface area contributed by atoms with E-state index in [-0.39, 0.29) is 4.32 Å². The van der Waals surface area contributed by atoms with Crippen molar-refractivity contribution in [2.24, 2.45) is 0 Å². The van der Waals surface area contributed by atoms with Crippen molar-refractivity contribution in [3.63, 3.8) is 0 Å². The highest BCUT2D eigenvalue weighted by molar-refractivity contribution is 8.26. The third-order valence-electron chi connectivity index (χ3n) is 4.14. The number of carboxylic acids is 1. The number of hydrogen-bond acceptors (Lipinski definition) is 7. The van der Waals surface area contributed by atoms with Crippen molar-refractivity contribution in [3.05, 3.63) is 64.6 Å². The van der Waals surface area contributed by atoms with Crippen LogP contribution < -0.4 is 14.6 Å². The van der Waals surface area contributed by atoms with Crippen LogP contribution in [-0.2, 0) is 9.59 Å². The first-order valence-electron chi connectivity index (χ1n) is 8.21. The molecule has 0 saturated carbocycles. The van der Waals surface area contributed by atoms with Crippen LogP contribution in [0.1, 0.15) is 17.2 Å². The molecule has 144 valence electrons. The summed E-state index contributed by atoms with van der Waals surface area (Å²) in [6.45, 7) is 0. The minimum atomic E-state index is -1.40. The normalized spacial score (nSPS) is 16.4. The maximum atomic E-state index is 13.0. The van der Waals surface area contributed by atoms with Crippen LogP contribution in [0.3, 0.4) is 0 Å². The number of amides is 1. The van der Waals surface area contributed by atoms with E-state index in [1.807, 2.05) is 0 Å². The van der Waals surface area contributed by atoms with Crippen LogP contribution in [0, 0.1) is 0 Å². The van der Waals surface area contributed by atoms with Gasteiger partial charge < -0.3 is 19.4 Å². The van der Waals surface area contributed by atoms with Gasteiger partial charge in [0, 0.05) is 5.56 Å². The van der Waals surface area contributed by atoms with E-state index in [0.717, 1.165) is 16.7 Å². The monoisotopic (exact) mass is 414 g/mol. The van der Waals surface area contributed by atoms with Crippen molar-refractivity contribution in [3.8, 4) is 11.5 Å². The summed E-state index contributed by atoms with van der Waals surface area (Å²) in [6.07, 6.45) is 1.61. The third kappa shape index (κ3) is 3.74. The van der Waals surface area contributed by atoms with Gasteiger partial charge in [-0.05, 0) is 17.7 Å². The Bertz CT molecular complexity index is 958. The summed E-state index contributed by atoms with van der Waals surface area (Å²) in [5.41, 5.74) is 1.03.